The van der Waals surface area contributed by atoms with Crippen LogP contribution in [0.3, 0.4) is 0 Å². The zero-order valence-electron chi connectivity index (χ0n) is 18.3. The molecule has 4 rings (SSSR count). The Bertz CT molecular complexity index is 1120. The number of benzene rings is 3. The van der Waals surface area contributed by atoms with Gasteiger partial charge in [0, 0.05) is 22.0 Å². The molecule has 166 valence electrons. The number of rotatable bonds is 7. The first-order valence-electron chi connectivity index (χ1n) is 10.5. The number of hydrogen-bond donors (Lipinski definition) is 1. The Balaban J connectivity index is 1.50. The van der Waals surface area contributed by atoms with E-state index >= 15 is 0 Å². The molecule has 6 heteroatoms. The highest BCUT2D eigenvalue weighted by atomic mass is 16.7. The molecular weight excluding hydrogens is 406 g/mol. The van der Waals surface area contributed by atoms with Crippen molar-refractivity contribution in [1.29, 1.82) is 0 Å². The summed E-state index contributed by atoms with van der Waals surface area (Å²) in [5.74, 6) is 1.27. The Labute approximate surface area is 187 Å². The number of amides is 1. The molecule has 1 saturated heterocycles. The number of carbonyl (C=O) groups excluding carboxylic acids is 1. The van der Waals surface area contributed by atoms with Crippen molar-refractivity contribution in [1.82, 2.24) is 0 Å². The molecule has 0 unspecified atom stereocenters. The van der Waals surface area contributed by atoms with Crippen molar-refractivity contribution in [2.45, 2.75) is 13.2 Å². The summed E-state index contributed by atoms with van der Waals surface area (Å²) in [6, 6.07) is 19.1. The summed E-state index contributed by atoms with van der Waals surface area (Å²) in [4.78, 5) is 13.2. The predicted molar refractivity (Wildman–Crippen MR) is 124 cm³/mol. The molecule has 0 atom stereocenters. The second kappa shape index (κ2) is 9.42. The van der Waals surface area contributed by atoms with E-state index in [4.69, 9.17) is 18.9 Å². The lowest BCUT2D eigenvalue weighted by Gasteiger charge is -2.36. The standard InChI is InChI=1S/C26H27NO5/c1-4-15-30-23-14-13-21(18-9-5-6-10-19(18)23)27-25(28)26(2)16-31-24(32-17-26)20-11-7-8-12-22(20)29-3/h4-14,24H,1,15-17H2,2-3H3,(H,27,28). The first-order chi connectivity index (χ1) is 15.6. The van der Waals surface area contributed by atoms with Crippen LogP contribution in [0.15, 0.2) is 73.3 Å². The van der Waals surface area contributed by atoms with E-state index in [1.54, 1.807) is 13.2 Å². The molecule has 32 heavy (non-hydrogen) atoms. The minimum absolute atomic E-state index is 0.166. The SMILES string of the molecule is C=CCOc1ccc(NC(=O)C2(C)COC(c3ccccc3OC)OC2)c2ccccc12. The Morgan fingerprint density at radius 2 is 1.75 bits per heavy atom. The van der Waals surface area contributed by atoms with Crippen LogP contribution in [-0.2, 0) is 14.3 Å². The summed E-state index contributed by atoms with van der Waals surface area (Å²) in [7, 11) is 1.61. The largest absolute Gasteiger partial charge is 0.496 e. The van der Waals surface area contributed by atoms with Gasteiger partial charge in [-0.1, -0.05) is 55.1 Å². The van der Waals surface area contributed by atoms with Gasteiger partial charge in [-0.2, -0.15) is 0 Å². The van der Waals surface area contributed by atoms with Gasteiger partial charge in [0.15, 0.2) is 6.29 Å². The molecule has 3 aromatic rings. The van der Waals surface area contributed by atoms with E-state index in [0.29, 0.717) is 18.0 Å². The summed E-state index contributed by atoms with van der Waals surface area (Å²) in [5.41, 5.74) is 0.681. The number of hydrogen-bond acceptors (Lipinski definition) is 5. The van der Waals surface area contributed by atoms with E-state index in [0.717, 1.165) is 22.1 Å². The van der Waals surface area contributed by atoms with Crippen molar-refractivity contribution in [3.05, 3.63) is 78.9 Å². The molecule has 0 aromatic heterocycles. The second-order valence-corrected chi connectivity index (χ2v) is 7.97. The highest BCUT2D eigenvalue weighted by Crippen LogP contribution is 2.37. The zero-order chi connectivity index (χ0) is 22.6. The van der Waals surface area contributed by atoms with Crippen LogP contribution in [0, 0.1) is 5.41 Å². The van der Waals surface area contributed by atoms with E-state index in [2.05, 4.69) is 11.9 Å². The average molecular weight is 434 g/mol. The maximum Gasteiger partial charge on any atom is 0.235 e. The van der Waals surface area contributed by atoms with Crippen LogP contribution in [-0.4, -0.2) is 32.8 Å². The summed E-state index contributed by atoms with van der Waals surface area (Å²) >= 11 is 0. The highest BCUT2D eigenvalue weighted by molar-refractivity contribution is 6.05. The van der Waals surface area contributed by atoms with Crippen molar-refractivity contribution < 1.29 is 23.7 Å². The van der Waals surface area contributed by atoms with Crippen molar-refractivity contribution in [3.8, 4) is 11.5 Å². The number of nitrogens with one attached hydrogen (secondary N) is 1. The van der Waals surface area contributed by atoms with Gasteiger partial charge >= 0.3 is 0 Å². The molecule has 6 nitrogen and oxygen atoms in total. The van der Waals surface area contributed by atoms with Crippen molar-refractivity contribution in [3.63, 3.8) is 0 Å². The number of fused-ring (bicyclic) bond motifs is 1. The molecule has 1 aliphatic heterocycles. The van der Waals surface area contributed by atoms with Gasteiger partial charge in [-0.05, 0) is 25.1 Å². The van der Waals surface area contributed by atoms with Crippen LogP contribution in [0.5, 0.6) is 11.5 Å². The van der Waals surface area contributed by atoms with Crippen LogP contribution >= 0.6 is 0 Å². The predicted octanol–water partition coefficient (Wildman–Crippen LogP) is 5.10. The monoisotopic (exact) mass is 433 g/mol. The fraction of sp³-hybridized carbons (Fsp3) is 0.269. The third kappa shape index (κ3) is 4.33. The van der Waals surface area contributed by atoms with Gasteiger partial charge in [0.2, 0.25) is 5.91 Å². The summed E-state index contributed by atoms with van der Waals surface area (Å²) in [6.45, 7) is 6.39. The highest BCUT2D eigenvalue weighted by Gasteiger charge is 2.40. The van der Waals surface area contributed by atoms with Gasteiger partial charge in [0.1, 0.15) is 18.1 Å². The molecule has 0 saturated carbocycles. The van der Waals surface area contributed by atoms with E-state index in [9.17, 15) is 4.79 Å². The fourth-order valence-electron chi connectivity index (χ4n) is 3.71. The summed E-state index contributed by atoms with van der Waals surface area (Å²) in [5, 5.41) is 4.88. The number of ether oxygens (including phenoxy) is 4. The zero-order valence-corrected chi connectivity index (χ0v) is 18.3. The molecule has 1 amide bonds. The van der Waals surface area contributed by atoms with E-state index in [1.165, 1.54) is 0 Å². The lowest BCUT2D eigenvalue weighted by molar-refractivity contribution is -0.226. The Morgan fingerprint density at radius 3 is 2.47 bits per heavy atom. The fourth-order valence-corrected chi connectivity index (χ4v) is 3.71. The minimum atomic E-state index is -0.836. The molecule has 1 aliphatic rings. The van der Waals surface area contributed by atoms with Crippen LogP contribution in [0.1, 0.15) is 18.8 Å². The van der Waals surface area contributed by atoms with Gasteiger partial charge in [-0.25, -0.2) is 0 Å². The van der Waals surface area contributed by atoms with E-state index in [-0.39, 0.29) is 19.1 Å². The van der Waals surface area contributed by atoms with Crippen LogP contribution in [0.2, 0.25) is 0 Å². The first-order valence-corrected chi connectivity index (χ1v) is 10.5. The van der Waals surface area contributed by atoms with Crippen LogP contribution in [0.4, 0.5) is 5.69 Å². The van der Waals surface area contributed by atoms with E-state index < -0.39 is 11.7 Å². The molecule has 1 heterocycles. The molecule has 0 aliphatic carbocycles. The smallest absolute Gasteiger partial charge is 0.235 e. The molecule has 1 fully saturated rings. The van der Waals surface area contributed by atoms with Crippen molar-refractivity contribution >= 4 is 22.4 Å². The summed E-state index contributed by atoms with van der Waals surface area (Å²) < 4.78 is 23.0. The molecule has 0 spiro atoms. The first kappa shape index (κ1) is 21.9. The lowest BCUT2D eigenvalue weighted by Crippen LogP contribution is -2.45. The third-order valence-corrected chi connectivity index (χ3v) is 5.54. The van der Waals surface area contributed by atoms with Crippen molar-refractivity contribution in [2.24, 2.45) is 5.41 Å². The van der Waals surface area contributed by atoms with Gasteiger partial charge < -0.3 is 24.3 Å². The molecule has 0 radical (unpaired) electrons. The number of para-hydroxylation sites is 1. The maximum atomic E-state index is 13.2. The number of carbonyl (C=O) groups is 1. The second-order valence-electron chi connectivity index (χ2n) is 7.97. The van der Waals surface area contributed by atoms with Gasteiger partial charge in [0.25, 0.3) is 0 Å². The normalized spacial score (nSPS) is 20.5. The van der Waals surface area contributed by atoms with Crippen LogP contribution in [0.25, 0.3) is 10.8 Å². The quantitative estimate of drug-likeness (QED) is 0.525. The lowest BCUT2D eigenvalue weighted by atomic mass is 9.90. The maximum absolute atomic E-state index is 13.2. The molecule has 1 N–H and O–H groups in total. The van der Waals surface area contributed by atoms with Gasteiger partial charge in [-0.3, -0.25) is 4.79 Å². The molecule has 0 bridgehead atoms. The average Bonchev–Trinajstić information content (AvgIpc) is 2.84. The van der Waals surface area contributed by atoms with Gasteiger partial charge in [-0.15, -0.1) is 0 Å². The molecular formula is C26H27NO5. The topological polar surface area (TPSA) is 66.0 Å². The Kier molecular flexibility index (Phi) is 6.44. The van der Waals surface area contributed by atoms with Gasteiger partial charge in [0.05, 0.1) is 25.7 Å². The Hall–Kier alpha value is -3.35. The summed E-state index contributed by atoms with van der Waals surface area (Å²) in [6.07, 6.45) is 1.13. The number of methoxy groups -OCH3 is 1. The number of anilines is 1. The Morgan fingerprint density at radius 1 is 1.06 bits per heavy atom. The molecule has 3 aromatic carbocycles. The van der Waals surface area contributed by atoms with Crippen LogP contribution < -0.4 is 14.8 Å². The van der Waals surface area contributed by atoms with E-state index in [1.807, 2.05) is 67.6 Å². The minimum Gasteiger partial charge on any atom is -0.496 e. The third-order valence-electron chi connectivity index (χ3n) is 5.54. The van der Waals surface area contributed by atoms with Crippen molar-refractivity contribution in [2.75, 3.05) is 32.2 Å².